The third kappa shape index (κ3) is 3.56. The number of carbonyl (C=O) groups is 2. The molecule has 0 saturated heterocycles. The summed E-state index contributed by atoms with van der Waals surface area (Å²) in [7, 11) is 0. The van der Waals surface area contributed by atoms with E-state index in [9.17, 15) is 9.59 Å². The predicted octanol–water partition coefficient (Wildman–Crippen LogP) is 3.99. The lowest BCUT2D eigenvalue weighted by Crippen LogP contribution is -2.34. The van der Waals surface area contributed by atoms with Gasteiger partial charge >= 0.3 is 5.97 Å². The highest BCUT2D eigenvalue weighted by molar-refractivity contribution is 14.1. The van der Waals surface area contributed by atoms with Crippen LogP contribution < -0.4 is 5.32 Å². The Kier molecular flexibility index (Phi) is 5.42. The molecule has 4 nitrogen and oxygen atoms in total. The Morgan fingerprint density at radius 2 is 2.08 bits per heavy atom. The molecule has 0 amide bonds. The topological polar surface area (TPSA) is 55.4 Å². The second-order valence-electron chi connectivity index (χ2n) is 6.20. The molecule has 0 radical (unpaired) electrons. The van der Waals surface area contributed by atoms with Crippen molar-refractivity contribution in [2.75, 3.05) is 6.61 Å². The zero-order chi connectivity index (χ0) is 18.0. The summed E-state index contributed by atoms with van der Waals surface area (Å²) in [5, 5.41) is 3.28. The van der Waals surface area contributed by atoms with E-state index < -0.39 is 5.97 Å². The van der Waals surface area contributed by atoms with Crippen LogP contribution in [0.5, 0.6) is 0 Å². The summed E-state index contributed by atoms with van der Waals surface area (Å²) in [6, 6.07) is 7.96. The molecule has 1 aliphatic carbocycles. The van der Waals surface area contributed by atoms with E-state index in [0.717, 1.165) is 33.4 Å². The van der Waals surface area contributed by atoms with E-state index in [1.807, 2.05) is 31.2 Å². The van der Waals surface area contributed by atoms with Gasteiger partial charge in [0.05, 0.1) is 5.57 Å². The lowest BCUT2D eigenvalue weighted by Gasteiger charge is -2.34. The molecule has 1 atom stereocenters. The number of carbonyl (C=O) groups excluding carboxylic acids is 2. The quantitative estimate of drug-likeness (QED) is 0.429. The number of rotatable bonds is 4. The van der Waals surface area contributed by atoms with Crippen molar-refractivity contribution >= 4 is 34.3 Å². The zero-order valence-corrected chi connectivity index (χ0v) is 16.3. The van der Waals surface area contributed by atoms with Crippen molar-refractivity contribution in [3.63, 3.8) is 0 Å². The Morgan fingerprint density at radius 1 is 1.36 bits per heavy atom. The highest BCUT2D eigenvalue weighted by Crippen LogP contribution is 2.42. The first-order valence-electron chi connectivity index (χ1n) is 8.30. The molecule has 1 N–H and O–H groups in total. The maximum absolute atomic E-state index is 12.7. The van der Waals surface area contributed by atoms with E-state index in [2.05, 4.69) is 34.5 Å². The van der Waals surface area contributed by atoms with Gasteiger partial charge in [-0.3, -0.25) is 4.79 Å². The molecule has 1 aromatic carbocycles. The van der Waals surface area contributed by atoms with Crippen LogP contribution in [0.4, 0.5) is 0 Å². The monoisotopic (exact) mass is 449 g/mol. The second kappa shape index (κ2) is 7.56. The van der Waals surface area contributed by atoms with Gasteiger partial charge in [-0.15, -0.1) is 0 Å². The Hall–Kier alpha value is -1.89. The van der Waals surface area contributed by atoms with Gasteiger partial charge in [-0.05, 0) is 60.1 Å². The fraction of sp³-hybridized carbons (Fsp3) is 0.300. The minimum atomic E-state index is -0.404. The first-order chi connectivity index (χ1) is 12.0. The molecule has 0 fully saturated rings. The number of ether oxygens (including phenoxy) is 1. The van der Waals surface area contributed by atoms with Crippen LogP contribution in [0.25, 0.3) is 0 Å². The van der Waals surface area contributed by atoms with Gasteiger partial charge in [-0.1, -0.05) is 24.8 Å². The average molecular weight is 449 g/mol. The number of nitrogens with one attached hydrogen (secondary N) is 1. The minimum Gasteiger partial charge on any atom is -0.458 e. The van der Waals surface area contributed by atoms with Crippen molar-refractivity contribution in [2.45, 2.75) is 32.1 Å². The average Bonchev–Trinajstić information content (AvgIpc) is 2.59. The largest absolute Gasteiger partial charge is 0.458 e. The Morgan fingerprint density at radius 3 is 2.76 bits per heavy atom. The van der Waals surface area contributed by atoms with Crippen molar-refractivity contribution in [2.24, 2.45) is 0 Å². The van der Waals surface area contributed by atoms with E-state index in [1.165, 1.54) is 0 Å². The highest BCUT2D eigenvalue weighted by atomic mass is 127. The molecule has 1 aliphatic heterocycles. The third-order valence-electron chi connectivity index (χ3n) is 4.53. The molecule has 1 aromatic rings. The molecule has 5 heteroatoms. The maximum Gasteiger partial charge on any atom is 0.337 e. The molecule has 3 rings (SSSR count). The number of dihydropyridines is 1. The Balaban J connectivity index is 2.11. The number of esters is 1. The number of allylic oxidation sites excluding steroid dienone is 3. The summed E-state index contributed by atoms with van der Waals surface area (Å²) >= 11 is 2.24. The fourth-order valence-electron chi connectivity index (χ4n) is 3.45. The minimum absolute atomic E-state index is 0.110. The van der Waals surface area contributed by atoms with Crippen LogP contribution in [0.2, 0.25) is 0 Å². The standard InChI is InChI=1S/C20H20INO3/c1-3-11-25-20(24)17-12(2)22-15-5-4-6-16(23)19(15)18(17)13-7-9-14(21)10-8-13/h3,7-10,18,22H,1,4-6,11H2,2H3/t18-/m1/s1. The van der Waals surface area contributed by atoms with Crippen LogP contribution in [-0.4, -0.2) is 18.4 Å². The summed E-state index contributed by atoms with van der Waals surface area (Å²) in [6.45, 7) is 5.60. The van der Waals surface area contributed by atoms with Crippen LogP contribution in [0.3, 0.4) is 0 Å². The zero-order valence-electron chi connectivity index (χ0n) is 14.1. The number of ketones is 1. The van der Waals surface area contributed by atoms with Crippen molar-refractivity contribution in [1.82, 2.24) is 5.32 Å². The van der Waals surface area contributed by atoms with Gasteiger partial charge in [0, 0.05) is 32.9 Å². The SMILES string of the molecule is C=CCOC(=O)C1=C(C)NC2=C(C(=O)CCC2)[C@@H]1c1ccc(I)cc1. The molecular weight excluding hydrogens is 429 g/mol. The van der Waals surface area contributed by atoms with E-state index >= 15 is 0 Å². The lowest BCUT2D eigenvalue weighted by atomic mass is 9.75. The lowest BCUT2D eigenvalue weighted by molar-refractivity contribution is -0.138. The van der Waals surface area contributed by atoms with Gasteiger partial charge in [0.25, 0.3) is 0 Å². The highest BCUT2D eigenvalue weighted by Gasteiger charge is 2.38. The number of benzene rings is 1. The van der Waals surface area contributed by atoms with Gasteiger partial charge < -0.3 is 10.1 Å². The van der Waals surface area contributed by atoms with Gasteiger partial charge in [0.2, 0.25) is 0 Å². The first kappa shape index (κ1) is 17.9. The molecular formula is C20H20INO3. The third-order valence-corrected chi connectivity index (χ3v) is 5.25. The summed E-state index contributed by atoms with van der Waals surface area (Å²) in [5.41, 5.74) is 3.86. The van der Waals surface area contributed by atoms with Crippen LogP contribution in [-0.2, 0) is 14.3 Å². The molecule has 1 heterocycles. The van der Waals surface area contributed by atoms with Gasteiger partial charge in [-0.2, -0.15) is 0 Å². The molecule has 2 aliphatic rings. The fourth-order valence-corrected chi connectivity index (χ4v) is 3.81. The van der Waals surface area contributed by atoms with Crippen LogP contribution in [0.1, 0.15) is 37.7 Å². The number of Topliss-reactive ketones (excluding diaryl/α,β-unsaturated/α-hetero) is 1. The van der Waals surface area contributed by atoms with E-state index in [-0.39, 0.29) is 18.3 Å². The molecule has 25 heavy (non-hydrogen) atoms. The number of hydrogen-bond acceptors (Lipinski definition) is 4. The van der Waals surface area contributed by atoms with Gasteiger partial charge in [-0.25, -0.2) is 4.79 Å². The summed E-state index contributed by atoms with van der Waals surface area (Å²) < 4.78 is 6.41. The van der Waals surface area contributed by atoms with Gasteiger partial charge in [0.1, 0.15) is 6.61 Å². The second-order valence-corrected chi connectivity index (χ2v) is 7.45. The van der Waals surface area contributed by atoms with Crippen molar-refractivity contribution in [3.8, 4) is 0 Å². The van der Waals surface area contributed by atoms with E-state index in [0.29, 0.717) is 17.6 Å². The predicted molar refractivity (Wildman–Crippen MR) is 105 cm³/mol. The van der Waals surface area contributed by atoms with Crippen molar-refractivity contribution in [3.05, 3.63) is 68.6 Å². The summed E-state index contributed by atoms with van der Waals surface area (Å²) in [4.78, 5) is 25.4. The van der Waals surface area contributed by atoms with Crippen LogP contribution in [0.15, 0.2) is 59.5 Å². The maximum atomic E-state index is 12.7. The Bertz CT molecular complexity index is 790. The first-order valence-corrected chi connectivity index (χ1v) is 9.38. The molecule has 0 aromatic heterocycles. The Labute approximate surface area is 161 Å². The molecule has 0 spiro atoms. The summed E-state index contributed by atoms with van der Waals surface area (Å²) in [5.74, 6) is -0.671. The summed E-state index contributed by atoms with van der Waals surface area (Å²) in [6.07, 6.45) is 3.73. The molecule has 0 saturated carbocycles. The number of halogens is 1. The molecule has 130 valence electrons. The van der Waals surface area contributed by atoms with Gasteiger partial charge in [0.15, 0.2) is 5.78 Å². The van der Waals surface area contributed by atoms with Crippen LogP contribution >= 0.6 is 22.6 Å². The molecule has 0 bridgehead atoms. The normalized spacial score (nSPS) is 20.1. The number of hydrogen-bond donors (Lipinski definition) is 1. The van der Waals surface area contributed by atoms with Crippen molar-refractivity contribution < 1.29 is 14.3 Å². The van der Waals surface area contributed by atoms with Crippen LogP contribution in [0, 0.1) is 3.57 Å². The van der Waals surface area contributed by atoms with Crippen molar-refractivity contribution in [1.29, 1.82) is 0 Å². The van der Waals surface area contributed by atoms with E-state index in [1.54, 1.807) is 6.08 Å². The smallest absolute Gasteiger partial charge is 0.337 e. The molecule has 0 unspecified atom stereocenters. The van der Waals surface area contributed by atoms with E-state index in [4.69, 9.17) is 4.74 Å².